The molecule has 2 nitrogen and oxygen atoms in total. The van der Waals surface area contributed by atoms with Gasteiger partial charge in [0.15, 0.2) is 0 Å². The van der Waals surface area contributed by atoms with Crippen molar-refractivity contribution in [3.63, 3.8) is 0 Å². The number of nitrogens with zero attached hydrogens (tertiary/aromatic N) is 1. The first-order valence-electron chi connectivity index (χ1n) is 7.13. The first-order valence-corrected chi connectivity index (χ1v) is 7.13. The molecular formula is C18H24N2. The van der Waals surface area contributed by atoms with E-state index in [1.807, 2.05) is 12.1 Å². The Kier molecular flexibility index (Phi) is 4.80. The van der Waals surface area contributed by atoms with E-state index in [-0.39, 0.29) is 0 Å². The van der Waals surface area contributed by atoms with Crippen molar-refractivity contribution in [1.82, 2.24) is 4.90 Å². The van der Waals surface area contributed by atoms with Gasteiger partial charge < -0.3 is 10.6 Å². The molecule has 0 aliphatic rings. The minimum Gasteiger partial charge on any atom is -0.399 e. The topological polar surface area (TPSA) is 29.3 Å². The summed E-state index contributed by atoms with van der Waals surface area (Å²) in [7, 11) is 2.17. The molecule has 0 radical (unpaired) electrons. The van der Waals surface area contributed by atoms with Gasteiger partial charge in [0, 0.05) is 18.8 Å². The number of hydrogen-bond donors (Lipinski definition) is 1. The van der Waals surface area contributed by atoms with Crippen molar-refractivity contribution in [2.75, 3.05) is 19.3 Å². The third-order valence-electron chi connectivity index (χ3n) is 3.69. The molecule has 0 aromatic heterocycles. The van der Waals surface area contributed by atoms with Gasteiger partial charge >= 0.3 is 0 Å². The molecule has 2 N–H and O–H groups in total. The van der Waals surface area contributed by atoms with Crippen molar-refractivity contribution in [2.45, 2.75) is 26.8 Å². The Hall–Kier alpha value is -1.80. The molecule has 2 heteroatoms. The van der Waals surface area contributed by atoms with Crippen molar-refractivity contribution in [3.05, 3.63) is 64.7 Å². The molecule has 0 unspecified atom stereocenters. The lowest BCUT2D eigenvalue weighted by Crippen LogP contribution is -2.21. The van der Waals surface area contributed by atoms with E-state index in [2.05, 4.69) is 56.1 Å². The lowest BCUT2D eigenvalue weighted by atomic mass is 10.0. The smallest absolute Gasteiger partial charge is 0.0314 e. The van der Waals surface area contributed by atoms with Crippen molar-refractivity contribution in [1.29, 1.82) is 0 Å². The molecule has 0 aliphatic carbocycles. The zero-order chi connectivity index (χ0) is 14.5. The molecule has 0 heterocycles. The van der Waals surface area contributed by atoms with Crippen molar-refractivity contribution in [2.24, 2.45) is 0 Å². The minimum atomic E-state index is 0.826. The molecule has 2 rings (SSSR count). The zero-order valence-corrected chi connectivity index (χ0v) is 12.7. The Morgan fingerprint density at radius 1 is 1.00 bits per heavy atom. The lowest BCUT2D eigenvalue weighted by molar-refractivity contribution is 0.331. The molecule has 0 atom stereocenters. The second-order valence-corrected chi connectivity index (χ2v) is 5.66. The zero-order valence-electron chi connectivity index (χ0n) is 12.7. The van der Waals surface area contributed by atoms with E-state index in [9.17, 15) is 0 Å². The summed E-state index contributed by atoms with van der Waals surface area (Å²) in [5.41, 5.74) is 12.0. The van der Waals surface area contributed by atoms with E-state index in [1.54, 1.807) is 0 Å². The molecule has 106 valence electrons. The molecule has 0 spiro atoms. The molecule has 0 amide bonds. The summed E-state index contributed by atoms with van der Waals surface area (Å²) in [5.74, 6) is 0. The van der Waals surface area contributed by atoms with Crippen molar-refractivity contribution in [3.8, 4) is 0 Å². The van der Waals surface area contributed by atoms with Gasteiger partial charge in [-0.2, -0.15) is 0 Å². The molecule has 0 aliphatic heterocycles. The predicted octanol–water partition coefficient (Wildman–Crippen LogP) is 3.56. The number of nitrogen functional groups attached to an aromatic ring is 1. The molecule has 20 heavy (non-hydrogen) atoms. The van der Waals surface area contributed by atoms with Crippen LogP contribution in [0.4, 0.5) is 5.69 Å². The Morgan fingerprint density at radius 3 is 2.35 bits per heavy atom. The van der Waals surface area contributed by atoms with Crippen LogP contribution >= 0.6 is 0 Å². The number of rotatable bonds is 5. The average Bonchev–Trinajstić information content (AvgIpc) is 2.40. The van der Waals surface area contributed by atoms with E-state index in [4.69, 9.17) is 5.73 Å². The number of nitrogens with two attached hydrogens (primary N) is 1. The third-order valence-corrected chi connectivity index (χ3v) is 3.69. The normalized spacial score (nSPS) is 11.0. The van der Waals surface area contributed by atoms with E-state index in [1.165, 1.54) is 22.3 Å². The van der Waals surface area contributed by atoms with E-state index >= 15 is 0 Å². The van der Waals surface area contributed by atoms with Crippen LogP contribution in [0.5, 0.6) is 0 Å². The third kappa shape index (κ3) is 4.10. The number of anilines is 1. The number of likely N-dealkylation sites (N-methyl/N-ethyl adjacent to an activating group) is 1. The van der Waals surface area contributed by atoms with Gasteiger partial charge in [-0.3, -0.25) is 0 Å². The quantitative estimate of drug-likeness (QED) is 0.840. The Labute approximate surface area is 122 Å². The lowest BCUT2D eigenvalue weighted by Gasteiger charge is -2.17. The van der Waals surface area contributed by atoms with Gasteiger partial charge in [-0.1, -0.05) is 35.9 Å². The number of hydrogen-bond acceptors (Lipinski definition) is 2. The fourth-order valence-corrected chi connectivity index (χ4v) is 2.45. The number of benzene rings is 2. The van der Waals surface area contributed by atoms with Gasteiger partial charge in [-0.25, -0.2) is 0 Å². The van der Waals surface area contributed by atoms with Crippen LogP contribution in [0.15, 0.2) is 42.5 Å². The monoisotopic (exact) mass is 268 g/mol. The predicted molar refractivity (Wildman–Crippen MR) is 86.8 cm³/mol. The highest BCUT2D eigenvalue weighted by Gasteiger charge is 2.03. The van der Waals surface area contributed by atoms with Crippen LogP contribution in [0.1, 0.15) is 22.3 Å². The Balaban J connectivity index is 1.88. The number of aryl methyl sites for hydroxylation is 2. The fourth-order valence-electron chi connectivity index (χ4n) is 2.45. The Bertz CT molecular complexity index is 558. The van der Waals surface area contributed by atoms with Crippen molar-refractivity contribution >= 4 is 5.69 Å². The van der Waals surface area contributed by atoms with Gasteiger partial charge in [0.1, 0.15) is 0 Å². The molecule has 0 saturated heterocycles. The van der Waals surface area contributed by atoms with Gasteiger partial charge in [0.25, 0.3) is 0 Å². The van der Waals surface area contributed by atoms with Crippen LogP contribution in [-0.2, 0) is 13.0 Å². The van der Waals surface area contributed by atoms with Gasteiger partial charge in [-0.15, -0.1) is 0 Å². The summed E-state index contributed by atoms with van der Waals surface area (Å²) in [5, 5.41) is 0. The highest BCUT2D eigenvalue weighted by molar-refractivity contribution is 5.39. The van der Waals surface area contributed by atoms with Crippen LogP contribution in [0.25, 0.3) is 0 Å². The highest BCUT2D eigenvalue weighted by Crippen LogP contribution is 2.12. The maximum atomic E-state index is 5.71. The van der Waals surface area contributed by atoms with Gasteiger partial charge in [-0.05, 0) is 56.1 Å². The summed E-state index contributed by atoms with van der Waals surface area (Å²) < 4.78 is 0. The highest BCUT2D eigenvalue weighted by atomic mass is 15.1. The summed E-state index contributed by atoms with van der Waals surface area (Å²) in [6, 6.07) is 14.8. The van der Waals surface area contributed by atoms with Crippen LogP contribution < -0.4 is 5.73 Å². The Morgan fingerprint density at radius 2 is 1.70 bits per heavy atom. The second kappa shape index (κ2) is 6.58. The molecular weight excluding hydrogens is 244 g/mol. The minimum absolute atomic E-state index is 0.826. The summed E-state index contributed by atoms with van der Waals surface area (Å²) in [4.78, 5) is 2.35. The standard InChI is InChI=1S/C18H24N2/c1-14-4-7-17(15(2)12-14)10-11-20(3)13-16-5-8-18(19)9-6-16/h4-9,12H,10-11,13,19H2,1-3H3. The second-order valence-electron chi connectivity index (χ2n) is 5.66. The molecule has 0 saturated carbocycles. The van der Waals surface area contributed by atoms with Gasteiger partial charge in [0.05, 0.1) is 0 Å². The van der Waals surface area contributed by atoms with Crippen LogP contribution in [0, 0.1) is 13.8 Å². The molecule has 2 aromatic carbocycles. The molecule has 0 fully saturated rings. The van der Waals surface area contributed by atoms with E-state index in [0.717, 1.165) is 25.2 Å². The maximum Gasteiger partial charge on any atom is 0.0314 e. The maximum absolute atomic E-state index is 5.71. The van der Waals surface area contributed by atoms with Crippen LogP contribution in [-0.4, -0.2) is 18.5 Å². The SMILES string of the molecule is Cc1ccc(CCN(C)Cc2ccc(N)cc2)c(C)c1. The van der Waals surface area contributed by atoms with E-state index in [0.29, 0.717) is 0 Å². The average molecular weight is 268 g/mol. The molecule has 0 bridgehead atoms. The van der Waals surface area contributed by atoms with E-state index < -0.39 is 0 Å². The fraction of sp³-hybridized carbons (Fsp3) is 0.333. The largest absolute Gasteiger partial charge is 0.399 e. The first-order chi connectivity index (χ1) is 9.54. The van der Waals surface area contributed by atoms with Crippen molar-refractivity contribution < 1.29 is 0 Å². The summed E-state index contributed by atoms with van der Waals surface area (Å²) >= 11 is 0. The summed E-state index contributed by atoms with van der Waals surface area (Å²) in [6.45, 7) is 6.37. The van der Waals surface area contributed by atoms with Crippen LogP contribution in [0.3, 0.4) is 0 Å². The first kappa shape index (κ1) is 14.6. The van der Waals surface area contributed by atoms with Gasteiger partial charge in [0.2, 0.25) is 0 Å². The summed E-state index contributed by atoms with van der Waals surface area (Å²) in [6.07, 6.45) is 1.09. The molecule has 2 aromatic rings. The van der Waals surface area contributed by atoms with Crippen LogP contribution in [0.2, 0.25) is 0 Å².